The van der Waals surface area contributed by atoms with E-state index < -0.39 is 11.7 Å². The monoisotopic (exact) mass is 346 g/mol. The zero-order valence-corrected chi connectivity index (χ0v) is 13.5. The number of aromatic nitrogens is 1. The highest BCUT2D eigenvalue weighted by molar-refractivity contribution is 5.40. The third-order valence-electron chi connectivity index (χ3n) is 4.23. The molecular weight excluding hydrogens is 329 g/mol. The summed E-state index contributed by atoms with van der Waals surface area (Å²) in [6, 6.07) is 12.1. The molecule has 4 nitrogen and oxygen atoms in total. The molecule has 0 radical (unpaired) electrons. The van der Waals surface area contributed by atoms with Crippen LogP contribution in [0.15, 0.2) is 42.6 Å². The van der Waals surface area contributed by atoms with E-state index in [-0.39, 0.29) is 0 Å². The molecule has 1 aromatic heterocycles. The third kappa shape index (κ3) is 4.28. The van der Waals surface area contributed by atoms with Gasteiger partial charge in [-0.3, -0.25) is 4.90 Å². The fourth-order valence-electron chi connectivity index (χ4n) is 2.87. The minimum atomic E-state index is -4.36. The predicted molar refractivity (Wildman–Crippen MR) is 87.9 cm³/mol. The molecule has 1 aromatic carbocycles. The van der Waals surface area contributed by atoms with Gasteiger partial charge in [-0.15, -0.1) is 0 Å². The number of anilines is 1. The maximum atomic E-state index is 12.6. The van der Waals surface area contributed by atoms with E-state index in [1.807, 2.05) is 23.1 Å². The molecule has 25 heavy (non-hydrogen) atoms. The molecule has 0 N–H and O–H groups in total. The van der Waals surface area contributed by atoms with Crippen molar-refractivity contribution in [2.24, 2.45) is 0 Å². The second-order valence-electron chi connectivity index (χ2n) is 5.98. The van der Waals surface area contributed by atoms with Crippen LogP contribution < -0.4 is 4.90 Å². The van der Waals surface area contributed by atoms with Crippen molar-refractivity contribution in [3.63, 3.8) is 0 Å². The van der Waals surface area contributed by atoms with Gasteiger partial charge in [0.15, 0.2) is 0 Å². The number of pyridine rings is 1. The number of rotatable bonds is 3. The van der Waals surface area contributed by atoms with Gasteiger partial charge < -0.3 is 4.90 Å². The minimum absolute atomic E-state index is 0.569. The maximum Gasteiger partial charge on any atom is 0.417 e. The molecule has 7 heteroatoms. The van der Waals surface area contributed by atoms with Crippen LogP contribution in [0.25, 0.3) is 0 Å². The van der Waals surface area contributed by atoms with E-state index in [2.05, 4.69) is 16.0 Å². The van der Waals surface area contributed by atoms with Gasteiger partial charge in [-0.05, 0) is 29.8 Å². The van der Waals surface area contributed by atoms with Crippen molar-refractivity contribution in [3.05, 3.63) is 59.3 Å². The van der Waals surface area contributed by atoms with E-state index in [0.717, 1.165) is 37.5 Å². The summed E-state index contributed by atoms with van der Waals surface area (Å²) in [6.07, 6.45) is -3.47. The Labute approximate surface area is 144 Å². The molecule has 0 aliphatic carbocycles. The topological polar surface area (TPSA) is 43.2 Å². The van der Waals surface area contributed by atoms with Crippen molar-refractivity contribution < 1.29 is 13.2 Å². The van der Waals surface area contributed by atoms with Gasteiger partial charge in [0.25, 0.3) is 0 Å². The fourth-order valence-corrected chi connectivity index (χ4v) is 2.87. The second kappa shape index (κ2) is 7.11. The van der Waals surface area contributed by atoms with Gasteiger partial charge in [0.1, 0.15) is 5.82 Å². The van der Waals surface area contributed by atoms with Gasteiger partial charge in [0, 0.05) is 38.9 Å². The minimum Gasteiger partial charge on any atom is -0.354 e. The molecule has 0 saturated carbocycles. The number of benzene rings is 1. The van der Waals surface area contributed by atoms with Gasteiger partial charge >= 0.3 is 6.18 Å². The molecule has 2 aromatic rings. The quantitative estimate of drug-likeness (QED) is 0.855. The molecule has 0 spiro atoms. The zero-order valence-electron chi connectivity index (χ0n) is 13.5. The molecule has 1 aliphatic rings. The zero-order chi connectivity index (χ0) is 17.9. The Morgan fingerprint density at radius 2 is 1.84 bits per heavy atom. The first-order chi connectivity index (χ1) is 12.0. The van der Waals surface area contributed by atoms with Crippen molar-refractivity contribution in [3.8, 4) is 6.07 Å². The summed E-state index contributed by atoms with van der Waals surface area (Å²) >= 11 is 0. The lowest BCUT2D eigenvalue weighted by molar-refractivity contribution is -0.137. The Kier molecular flexibility index (Phi) is 4.91. The van der Waals surface area contributed by atoms with Crippen LogP contribution in [-0.4, -0.2) is 36.1 Å². The molecule has 0 amide bonds. The second-order valence-corrected chi connectivity index (χ2v) is 5.98. The number of nitrogens with zero attached hydrogens (tertiary/aromatic N) is 4. The lowest BCUT2D eigenvalue weighted by atomic mass is 10.1. The lowest BCUT2D eigenvalue weighted by Crippen LogP contribution is -2.46. The van der Waals surface area contributed by atoms with Gasteiger partial charge in [-0.2, -0.15) is 18.4 Å². The number of nitriles is 1. The summed E-state index contributed by atoms with van der Waals surface area (Å²) in [5.41, 5.74) is 0.998. The molecule has 2 heterocycles. The summed E-state index contributed by atoms with van der Waals surface area (Å²) in [7, 11) is 0. The van der Waals surface area contributed by atoms with Crippen molar-refractivity contribution in [2.75, 3.05) is 31.1 Å². The van der Waals surface area contributed by atoms with E-state index in [1.165, 1.54) is 6.07 Å². The van der Waals surface area contributed by atoms with Crippen LogP contribution in [0.2, 0.25) is 0 Å². The van der Waals surface area contributed by atoms with Crippen molar-refractivity contribution in [1.29, 1.82) is 5.26 Å². The van der Waals surface area contributed by atoms with Crippen LogP contribution in [0.5, 0.6) is 0 Å². The Morgan fingerprint density at radius 1 is 1.08 bits per heavy atom. The SMILES string of the molecule is N#Cc1cccc(CN2CCN(c3ccc(C(F)(F)F)cn3)CC2)c1. The summed E-state index contributed by atoms with van der Waals surface area (Å²) in [6.45, 7) is 3.75. The highest BCUT2D eigenvalue weighted by Gasteiger charge is 2.31. The van der Waals surface area contributed by atoms with E-state index in [0.29, 0.717) is 24.5 Å². The highest BCUT2D eigenvalue weighted by Crippen LogP contribution is 2.29. The van der Waals surface area contributed by atoms with Crippen LogP contribution in [0.3, 0.4) is 0 Å². The molecule has 0 unspecified atom stereocenters. The van der Waals surface area contributed by atoms with E-state index in [1.54, 1.807) is 6.07 Å². The Bertz CT molecular complexity index is 757. The third-order valence-corrected chi connectivity index (χ3v) is 4.23. The van der Waals surface area contributed by atoms with Crippen LogP contribution in [0.4, 0.5) is 19.0 Å². The molecule has 0 atom stereocenters. The molecular formula is C18H17F3N4. The molecule has 130 valence electrons. The standard InChI is InChI=1S/C18H17F3N4/c19-18(20,21)16-4-5-17(23-12-16)25-8-6-24(7-9-25)13-15-3-1-2-14(10-15)11-22/h1-5,10,12H,6-9,13H2. The summed E-state index contributed by atoms with van der Waals surface area (Å²) in [5.74, 6) is 0.569. The number of piperazine rings is 1. The molecule has 1 fully saturated rings. The number of halogens is 3. The summed E-state index contributed by atoms with van der Waals surface area (Å²) in [4.78, 5) is 8.20. The average molecular weight is 346 g/mol. The Morgan fingerprint density at radius 3 is 2.44 bits per heavy atom. The van der Waals surface area contributed by atoms with Crippen LogP contribution in [-0.2, 0) is 12.7 Å². The van der Waals surface area contributed by atoms with Crippen molar-refractivity contribution in [2.45, 2.75) is 12.7 Å². The average Bonchev–Trinajstić information content (AvgIpc) is 2.62. The van der Waals surface area contributed by atoms with Gasteiger partial charge in [-0.25, -0.2) is 4.98 Å². The molecule has 0 bridgehead atoms. The van der Waals surface area contributed by atoms with Crippen molar-refractivity contribution in [1.82, 2.24) is 9.88 Å². The normalized spacial score (nSPS) is 15.8. The smallest absolute Gasteiger partial charge is 0.354 e. The lowest BCUT2D eigenvalue weighted by Gasteiger charge is -2.35. The molecule has 1 saturated heterocycles. The van der Waals surface area contributed by atoms with E-state index >= 15 is 0 Å². The van der Waals surface area contributed by atoms with E-state index in [4.69, 9.17) is 5.26 Å². The van der Waals surface area contributed by atoms with Gasteiger partial charge in [0.2, 0.25) is 0 Å². The number of hydrogen-bond donors (Lipinski definition) is 0. The molecule has 1 aliphatic heterocycles. The van der Waals surface area contributed by atoms with Gasteiger partial charge in [-0.1, -0.05) is 12.1 Å². The largest absolute Gasteiger partial charge is 0.417 e. The van der Waals surface area contributed by atoms with E-state index in [9.17, 15) is 13.2 Å². The first-order valence-corrected chi connectivity index (χ1v) is 7.95. The predicted octanol–water partition coefficient (Wildman–Crippen LogP) is 3.29. The first-order valence-electron chi connectivity index (χ1n) is 7.95. The summed E-state index contributed by atoms with van der Waals surface area (Å²) in [5, 5.41) is 8.95. The van der Waals surface area contributed by atoms with Crippen LogP contribution in [0, 0.1) is 11.3 Å². The van der Waals surface area contributed by atoms with Crippen LogP contribution in [0.1, 0.15) is 16.7 Å². The number of alkyl halides is 3. The highest BCUT2D eigenvalue weighted by atomic mass is 19.4. The first kappa shape index (κ1) is 17.2. The Balaban J connectivity index is 1.57. The van der Waals surface area contributed by atoms with Gasteiger partial charge in [0.05, 0.1) is 17.2 Å². The fraction of sp³-hybridized carbons (Fsp3) is 0.333. The summed E-state index contributed by atoms with van der Waals surface area (Å²) < 4.78 is 37.8. The Hall–Kier alpha value is -2.59. The maximum absolute atomic E-state index is 12.6. The molecule has 3 rings (SSSR count). The van der Waals surface area contributed by atoms with Crippen LogP contribution >= 0.6 is 0 Å². The van der Waals surface area contributed by atoms with Crippen molar-refractivity contribution >= 4 is 5.82 Å². The number of hydrogen-bond acceptors (Lipinski definition) is 4.